The predicted octanol–water partition coefficient (Wildman–Crippen LogP) is 7.59. The minimum Gasteiger partial charge on any atom is -0.481 e. The van der Waals surface area contributed by atoms with E-state index in [1.54, 1.807) is 50.8 Å². The maximum Gasteiger partial charge on any atom is 0.441 e. The molecular formula is C31H40Cl2N2O6S. The molecule has 1 aliphatic heterocycles. The number of aliphatic carboxylic acids is 1. The summed E-state index contributed by atoms with van der Waals surface area (Å²) in [6, 6.07) is 13.3. The standard InChI is InChI=1S/C31H40Cl2N2O6S/c1-7-41-30(39)34-42(40,20(4)5)18-26(19(2)3)35-28(21-11-13-23(32)14-12-21)25(22-9-8-10-24(33)15-22)16-31(6,29(35)38)17-27(36)37/h8-15,19-20,25-26,28H,7,16-18H2,1-6H3,(H,36,37)/t25-,26?,28-,31-,42?/m1/s1. The molecule has 42 heavy (non-hydrogen) atoms. The van der Waals surface area contributed by atoms with Gasteiger partial charge in [-0.15, -0.1) is 4.36 Å². The Morgan fingerprint density at radius 3 is 2.26 bits per heavy atom. The van der Waals surface area contributed by atoms with E-state index in [1.165, 1.54) is 0 Å². The van der Waals surface area contributed by atoms with E-state index in [-0.39, 0.29) is 42.9 Å². The Hall–Kier alpha value is -2.62. The van der Waals surface area contributed by atoms with Crippen LogP contribution in [-0.2, 0) is 24.1 Å². The van der Waals surface area contributed by atoms with Gasteiger partial charge in [-0.3, -0.25) is 9.59 Å². The molecule has 8 nitrogen and oxygen atoms in total. The second-order valence-electron chi connectivity index (χ2n) is 11.7. The van der Waals surface area contributed by atoms with Crippen LogP contribution in [-0.4, -0.2) is 55.8 Å². The van der Waals surface area contributed by atoms with Crippen LogP contribution >= 0.6 is 23.2 Å². The number of halogens is 2. The average molecular weight is 640 g/mol. The van der Waals surface area contributed by atoms with E-state index in [2.05, 4.69) is 4.36 Å². The van der Waals surface area contributed by atoms with Crippen molar-refractivity contribution in [3.8, 4) is 0 Å². The first-order valence-electron chi connectivity index (χ1n) is 14.1. The smallest absolute Gasteiger partial charge is 0.441 e. The maximum absolute atomic E-state index is 14.6. The lowest BCUT2D eigenvalue weighted by Gasteiger charge is -2.53. The lowest BCUT2D eigenvalue weighted by molar-refractivity contribution is -0.161. The fraction of sp³-hybridized carbons (Fsp3) is 0.516. The lowest BCUT2D eigenvalue weighted by atomic mass is 9.66. The quantitative estimate of drug-likeness (QED) is 0.287. The molecule has 1 N–H and O–H groups in total. The van der Waals surface area contributed by atoms with Gasteiger partial charge in [0.15, 0.2) is 0 Å². The summed E-state index contributed by atoms with van der Waals surface area (Å²) in [5, 5.41) is 10.4. The third-order valence-corrected chi connectivity index (χ3v) is 11.1. The van der Waals surface area contributed by atoms with E-state index >= 15 is 0 Å². The Bertz CT molecular complexity index is 1420. The molecule has 230 valence electrons. The maximum atomic E-state index is 14.6. The lowest BCUT2D eigenvalue weighted by Crippen LogP contribution is -2.59. The van der Waals surface area contributed by atoms with Crippen LogP contribution in [0.4, 0.5) is 4.79 Å². The van der Waals surface area contributed by atoms with Gasteiger partial charge in [-0.2, -0.15) is 0 Å². The van der Waals surface area contributed by atoms with Crippen molar-refractivity contribution in [1.29, 1.82) is 0 Å². The number of piperidine rings is 1. The number of carboxylic acids is 1. The zero-order chi connectivity index (χ0) is 31.4. The van der Waals surface area contributed by atoms with Gasteiger partial charge in [-0.05, 0) is 54.7 Å². The number of benzene rings is 2. The van der Waals surface area contributed by atoms with Crippen LogP contribution in [0.1, 0.15) is 77.5 Å². The number of amides is 2. The van der Waals surface area contributed by atoms with Gasteiger partial charge >= 0.3 is 12.1 Å². The zero-order valence-electron chi connectivity index (χ0n) is 24.9. The summed E-state index contributed by atoms with van der Waals surface area (Å²) in [5.41, 5.74) is 0.366. The third kappa shape index (κ3) is 7.66. The van der Waals surface area contributed by atoms with Crippen molar-refractivity contribution in [1.82, 2.24) is 4.90 Å². The molecule has 2 unspecified atom stereocenters. The van der Waals surface area contributed by atoms with Crippen LogP contribution in [0.25, 0.3) is 0 Å². The Morgan fingerprint density at radius 2 is 1.74 bits per heavy atom. The summed E-state index contributed by atoms with van der Waals surface area (Å²) >= 11 is 12.7. The molecule has 5 atom stereocenters. The fourth-order valence-corrected chi connectivity index (χ4v) is 8.03. The highest BCUT2D eigenvalue weighted by molar-refractivity contribution is 7.94. The van der Waals surface area contributed by atoms with E-state index in [1.807, 2.05) is 44.2 Å². The molecule has 1 fully saturated rings. The van der Waals surface area contributed by atoms with Crippen molar-refractivity contribution >= 4 is 50.9 Å². The molecule has 1 saturated heterocycles. The Kier molecular flexibility index (Phi) is 11.1. The van der Waals surface area contributed by atoms with Gasteiger partial charge in [0.05, 0.1) is 40.0 Å². The highest BCUT2D eigenvalue weighted by Gasteiger charge is 2.53. The SMILES string of the molecule is CCOC(=O)N=S(=O)(CC(C(C)C)N1C(=O)[C@@](C)(CC(=O)O)C[C@H](c2cccc(Cl)c2)[C@H]1c1ccc(Cl)cc1)C(C)C. The number of ether oxygens (including phenoxy) is 1. The second-order valence-corrected chi connectivity index (χ2v) is 15.4. The third-order valence-electron chi connectivity index (χ3n) is 7.90. The van der Waals surface area contributed by atoms with Crippen LogP contribution in [0.5, 0.6) is 0 Å². The minimum atomic E-state index is -3.21. The van der Waals surface area contributed by atoms with Crippen LogP contribution in [0.3, 0.4) is 0 Å². The number of carbonyl (C=O) groups is 3. The highest BCUT2D eigenvalue weighted by Crippen LogP contribution is 2.52. The van der Waals surface area contributed by atoms with E-state index in [0.717, 1.165) is 11.1 Å². The van der Waals surface area contributed by atoms with Gasteiger partial charge in [0.2, 0.25) is 5.91 Å². The molecule has 0 aliphatic carbocycles. The highest BCUT2D eigenvalue weighted by atomic mass is 35.5. The largest absolute Gasteiger partial charge is 0.481 e. The molecule has 1 heterocycles. The van der Waals surface area contributed by atoms with Crippen molar-refractivity contribution in [2.75, 3.05) is 12.4 Å². The molecule has 0 aromatic heterocycles. The van der Waals surface area contributed by atoms with E-state index in [9.17, 15) is 23.7 Å². The summed E-state index contributed by atoms with van der Waals surface area (Å²) in [5.74, 6) is -2.13. The Balaban J connectivity index is 2.32. The first-order chi connectivity index (χ1) is 19.6. The number of rotatable bonds is 10. The van der Waals surface area contributed by atoms with Crippen molar-refractivity contribution in [3.63, 3.8) is 0 Å². The first-order valence-corrected chi connectivity index (χ1v) is 16.6. The number of carbonyl (C=O) groups excluding carboxylic acids is 2. The normalized spacial score (nSPS) is 23.0. The minimum absolute atomic E-state index is 0.0850. The molecular weight excluding hydrogens is 599 g/mol. The van der Waals surface area contributed by atoms with Gasteiger partial charge < -0.3 is 14.7 Å². The number of likely N-dealkylation sites (tertiary alicyclic amines) is 1. The van der Waals surface area contributed by atoms with Gasteiger partial charge in [0.1, 0.15) is 0 Å². The van der Waals surface area contributed by atoms with E-state index in [0.29, 0.717) is 10.0 Å². The van der Waals surface area contributed by atoms with Gasteiger partial charge in [0, 0.05) is 27.3 Å². The van der Waals surface area contributed by atoms with Crippen molar-refractivity contribution < 1.29 is 28.4 Å². The topological polar surface area (TPSA) is 113 Å². The average Bonchev–Trinajstić information content (AvgIpc) is 2.89. The van der Waals surface area contributed by atoms with Gasteiger partial charge in [-0.1, -0.05) is 82.1 Å². The zero-order valence-corrected chi connectivity index (χ0v) is 27.2. The van der Waals surface area contributed by atoms with E-state index < -0.39 is 44.5 Å². The summed E-state index contributed by atoms with van der Waals surface area (Å²) in [6.45, 7) is 10.7. The molecule has 0 saturated carbocycles. The van der Waals surface area contributed by atoms with Crippen LogP contribution in [0, 0.1) is 11.3 Å². The van der Waals surface area contributed by atoms with E-state index in [4.69, 9.17) is 27.9 Å². The van der Waals surface area contributed by atoms with Gasteiger partial charge in [-0.25, -0.2) is 9.00 Å². The molecule has 0 spiro atoms. The Labute approximate surface area is 258 Å². The second kappa shape index (κ2) is 13.8. The van der Waals surface area contributed by atoms with Crippen molar-refractivity contribution in [3.05, 3.63) is 69.7 Å². The van der Waals surface area contributed by atoms with Gasteiger partial charge in [0.25, 0.3) is 0 Å². The summed E-state index contributed by atoms with van der Waals surface area (Å²) in [6.07, 6.45) is -1.05. The molecule has 0 bridgehead atoms. The van der Waals surface area contributed by atoms with Crippen LogP contribution < -0.4 is 0 Å². The number of hydrogen-bond donors (Lipinski definition) is 1. The molecule has 2 aromatic carbocycles. The number of carboxylic acid groups (broad SMARTS) is 1. The molecule has 2 amide bonds. The van der Waals surface area contributed by atoms with Crippen LogP contribution in [0.15, 0.2) is 52.9 Å². The Morgan fingerprint density at radius 1 is 1.10 bits per heavy atom. The predicted molar refractivity (Wildman–Crippen MR) is 166 cm³/mol. The van der Waals surface area contributed by atoms with Crippen molar-refractivity contribution in [2.24, 2.45) is 15.7 Å². The number of hydrogen-bond acceptors (Lipinski definition) is 5. The summed E-state index contributed by atoms with van der Waals surface area (Å²) < 4.78 is 23.4. The summed E-state index contributed by atoms with van der Waals surface area (Å²) in [7, 11) is -3.21. The molecule has 3 rings (SSSR count). The fourth-order valence-electron chi connectivity index (χ4n) is 5.69. The van der Waals surface area contributed by atoms with Crippen LogP contribution in [0.2, 0.25) is 10.0 Å². The number of nitrogens with zero attached hydrogens (tertiary/aromatic N) is 2. The van der Waals surface area contributed by atoms with Crippen molar-refractivity contribution in [2.45, 2.75) is 77.6 Å². The summed E-state index contributed by atoms with van der Waals surface area (Å²) in [4.78, 5) is 40.8. The molecule has 0 radical (unpaired) electrons. The monoisotopic (exact) mass is 638 g/mol. The molecule has 11 heteroatoms. The molecule has 2 aromatic rings. The first kappa shape index (κ1) is 33.9. The molecule has 1 aliphatic rings.